The lowest BCUT2D eigenvalue weighted by Gasteiger charge is -2.27. The fourth-order valence-electron chi connectivity index (χ4n) is 1.55. The van der Waals surface area contributed by atoms with Crippen molar-refractivity contribution in [3.8, 4) is 0 Å². The molecule has 1 unspecified atom stereocenters. The molecule has 110 valence electrons. The summed E-state index contributed by atoms with van der Waals surface area (Å²) in [4.78, 5) is 33.4. The Morgan fingerprint density at radius 3 is 2.16 bits per heavy atom. The van der Waals surface area contributed by atoms with Crippen molar-refractivity contribution in [3.05, 3.63) is 0 Å². The van der Waals surface area contributed by atoms with Crippen molar-refractivity contribution in [2.45, 2.75) is 12.5 Å². The molecule has 0 saturated carbocycles. The summed E-state index contributed by atoms with van der Waals surface area (Å²) in [5.74, 6) is -3.48. The first-order chi connectivity index (χ1) is 8.88. The topological polar surface area (TPSA) is 153 Å². The number of rotatable bonds is 11. The van der Waals surface area contributed by atoms with Crippen LogP contribution in [-0.4, -0.2) is 76.9 Å². The van der Waals surface area contributed by atoms with Crippen molar-refractivity contribution in [2.24, 2.45) is 5.73 Å². The van der Waals surface area contributed by atoms with E-state index in [9.17, 15) is 14.4 Å². The van der Waals surface area contributed by atoms with E-state index in [1.807, 2.05) is 0 Å². The van der Waals surface area contributed by atoms with Crippen LogP contribution in [0.2, 0.25) is 0 Å². The Morgan fingerprint density at radius 1 is 1.11 bits per heavy atom. The summed E-state index contributed by atoms with van der Waals surface area (Å²) in [6, 6.07) is -1.17. The Balaban J connectivity index is 4.43. The van der Waals surface area contributed by atoms with Gasteiger partial charge in [0.2, 0.25) is 0 Å². The number of carbonyl (C=O) groups is 3. The maximum Gasteiger partial charge on any atom is 0.321 e. The highest BCUT2D eigenvalue weighted by atomic mass is 16.4. The first-order valence-electron chi connectivity index (χ1n) is 5.69. The lowest BCUT2D eigenvalue weighted by atomic mass is 10.1. The van der Waals surface area contributed by atoms with Crippen LogP contribution in [0, 0.1) is 0 Å². The van der Waals surface area contributed by atoms with Gasteiger partial charge in [-0.2, -0.15) is 0 Å². The van der Waals surface area contributed by atoms with Crippen molar-refractivity contribution in [2.75, 3.05) is 32.7 Å². The van der Waals surface area contributed by atoms with E-state index >= 15 is 0 Å². The minimum atomic E-state index is -1.24. The molecule has 0 amide bonds. The van der Waals surface area contributed by atoms with Crippen molar-refractivity contribution < 1.29 is 29.7 Å². The van der Waals surface area contributed by atoms with Gasteiger partial charge < -0.3 is 26.4 Å². The molecule has 0 rings (SSSR count). The van der Waals surface area contributed by atoms with Gasteiger partial charge in [0.1, 0.15) is 6.04 Å². The number of carboxylic acids is 3. The average molecular weight is 277 g/mol. The highest BCUT2D eigenvalue weighted by Crippen LogP contribution is 2.04. The lowest BCUT2D eigenvalue weighted by molar-refractivity contribution is -0.149. The number of hydrogen-bond donors (Lipinski definition) is 5. The van der Waals surface area contributed by atoms with Crippen molar-refractivity contribution >= 4 is 17.9 Å². The maximum atomic E-state index is 11.0. The molecule has 6 N–H and O–H groups in total. The Kier molecular flexibility index (Phi) is 8.42. The second kappa shape index (κ2) is 9.25. The van der Waals surface area contributed by atoms with Crippen molar-refractivity contribution in [1.29, 1.82) is 0 Å². The molecule has 0 aliphatic heterocycles. The van der Waals surface area contributed by atoms with Crippen LogP contribution >= 0.6 is 0 Å². The van der Waals surface area contributed by atoms with Gasteiger partial charge in [-0.3, -0.25) is 19.3 Å². The summed E-state index contributed by atoms with van der Waals surface area (Å²) < 4.78 is 0. The van der Waals surface area contributed by atoms with Crippen LogP contribution in [0.5, 0.6) is 0 Å². The molecule has 1 atom stereocenters. The van der Waals surface area contributed by atoms with Gasteiger partial charge in [-0.1, -0.05) is 0 Å². The number of aliphatic carboxylic acids is 3. The summed E-state index contributed by atoms with van der Waals surface area (Å²) in [6.45, 7) is 0.596. The molecule has 0 fully saturated rings. The number of nitrogens with two attached hydrogens (primary N) is 1. The van der Waals surface area contributed by atoms with E-state index in [1.54, 1.807) is 0 Å². The van der Waals surface area contributed by atoms with Crippen LogP contribution in [0.4, 0.5) is 0 Å². The Labute approximate surface area is 110 Å². The van der Waals surface area contributed by atoms with Gasteiger partial charge in [0.15, 0.2) is 0 Å². The van der Waals surface area contributed by atoms with E-state index in [0.29, 0.717) is 0 Å². The zero-order valence-electron chi connectivity index (χ0n) is 10.4. The number of nitrogens with zero attached hydrogens (tertiary/aromatic N) is 1. The molecule has 9 nitrogen and oxygen atoms in total. The molecular formula is C10H19N3O6. The van der Waals surface area contributed by atoms with Gasteiger partial charge in [0.25, 0.3) is 0 Å². The van der Waals surface area contributed by atoms with E-state index < -0.39 is 30.4 Å². The van der Waals surface area contributed by atoms with Crippen LogP contribution in [0.1, 0.15) is 6.42 Å². The molecule has 0 aromatic carbocycles. The number of nitrogens with one attached hydrogen (secondary N) is 1. The minimum Gasteiger partial charge on any atom is -0.481 e. The van der Waals surface area contributed by atoms with Crippen LogP contribution in [0.15, 0.2) is 0 Å². The quantitative estimate of drug-likeness (QED) is 0.266. The predicted molar refractivity (Wildman–Crippen MR) is 64.8 cm³/mol. The molecule has 0 saturated heterocycles. The highest BCUT2D eigenvalue weighted by Gasteiger charge is 2.27. The second-order valence-corrected chi connectivity index (χ2v) is 3.85. The van der Waals surface area contributed by atoms with Gasteiger partial charge in [0, 0.05) is 26.2 Å². The molecule has 0 aromatic heterocycles. The summed E-state index contributed by atoms with van der Waals surface area (Å²) >= 11 is 0. The second-order valence-electron chi connectivity index (χ2n) is 3.85. The largest absolute Gasteiger partial charge is 0.481 e. The van der Waals surface area contributed by atoms with Crippen LogP contribution < -0.4 is 11.1 Å². The predicted octanol–water partition coefficient (Wildman–Crippen LogP) is -2.15. The summed E-state index contributed by atoms with van der Waals surface area (Å²) in [5, 5.41) is 28.7. The van der Waals surface area contributed by atoms with E-state index in [-0.39, 0.29) is 32.7 Å². The molecule has 0 aliphatic rings. The van der Waals surface area contributed by atoms with Crippen molar-refractivity contribution in [3.63, 3.8) is 0 Å². The van der Waals surface area contributed by atoms with Crippen LogP contribution in [-0.2, 0) is 14.4 Å². The third kappa shape index (κ3) is 8.08. The maximum absolute atomic E-state index is 11.0. The fourth-order valence-corrected chi connectivity index (χ4v) is 1.55. The van der Waals surface area contributed by atoms with Gasteiger partial charge in [-0.15, -0.1) is 0 Å². The third-order valence-electron chi connectivity index (χ3n) is 2.36. The summed E-state index contributed by atoms with van der Waals surface area (Å²) in [6.07, 6.45) is -0.533. The summed E-state index contributed by atoms with van der Waals surface area (Å²) in [5.41, 5.74) is 5.35. The first kappa shape index (κ1) is 17.3. The standard InChI is InChI=1S/C10H19N3O6/c11-1-3-13(4-2-12-6-9(16)17)7(10(18)19)5-8(14)15/h7,12H,1-6,11H2,(H,14,15)(H,16,17)(H,18,19). The Hall–Kier alpha value is -1.71. The molecule has 19 heavy (non-hydrogen) atoms. The molecule has 0 bridgehead atoms. The van der Waals surface area contributed by atoms with Gasteiger partial charge in [-0.25, -0.2) is 0 Å². The van der Waals surface area contributed by atoms with Gasteiger partial charge in [0.05, 0.1) is 13.0 Å². The van der Waals surface area contributed by atoms with E-state index in [4.69, 9.17) is 21.1 Å². The fraction of sp³-hybridized carbons (Fsp3) is 0.700. The normalized spacial score (nSPS) is 12.3. The third-order valence-corrected chi connectivity index (χ3v) is 2.36. The van der Waals surface area contributed by atoms with Crippen LogP contribution in [0.3, 0.4) is 0 Å². The van der Waals surface area contributed by atoms with Gasteiger partial charge >= 0.3 is 17.9 Å². The lowest BCUT2D eigenvalue weighted by Crippen LogP contribution is -2.47. The smallest absolute Gasteiger partial charge is 0.321 e. The average Bonchev–Trinajstić information content (AvgIpc) is 2.29. The minimum absolute atomic E-state index is 0.183. The van der Waals surface area contributed by atoms with Crippen LogP contribution in [0.25, 0.3) is 0 Å². The highest BCUT2D eigenvalue weighted by molar-refractivity contribution is 5.80. The number of hydrogen-bond acceptors (Lipinski definition) is 6. The molecule has 0 radical (unpaired) electrons. The Morgan fingerprint density at radius 2 is 1.74 bits per heavy atom. The van der Waals surface area contributed by atoms with E-state index in [0.717, 1.165) is 0 Å². The van der Waals surface area contributed by atoms with Gasteiger partial charge in [-0.05, 0) is 0 Å². The van der Waals surface area contributed by atoms with Crippen molar-refractivity contribution in [1.82, 2.24) is 10.2 Å². The van der Waals surface area contributed by atoms with E-state index in [1.165, 1.54) is 4.90 Å². The zero-order chi connectivity index (χ0) is 14.8. The number of carboxylic acid groups (broad SMARTS) is 3. The molecule has 0 heterocycles. The molecule has 0 aliphatic carbocycles. The first-order valence-corrected chi connectivity index (χ1v) is 5.69. The monoisotopic (exact) mass is 277 g/mol. The summed E-state index contributed by atoms with van der Waals surface area (Å²) in [7, 11) is 0. The SMILES string of the molecule is NCCN(CCNCC(=O)O)C(CC(=O)O)C(=O)O. The Bertz CT molecular complexity index is 322. The van der Waals surface area contributed by atoms with E-state index in [2.05, 4.69) is 5.32 Å². The molecular weight excluding hydrogens is 258 g/mol. The molecule has 0 spiro atoms. The molecule has 9 heteroatoms. The zero-order valence-corrected chi connectivity index (χ0v) is 10.4. The molecule has 0 aromatic rings.